The van der Waals surface area contributed by atoms with Gasteiger partial charge >= 0.3 is 0 Å². The summed E-state index contributed by atoms with van der Waals surface area (Å²) < 4.78 is 2.64. The number of rotatable bonds is 5. The van der Waals surface area contributed by atoms with E-state index in [0.717, 1.165) is 15.7 Å². The number of aromatic nitrogens is 2. The summed E-state index contributed by atoms with van der Waals surface area (Å²) in [6.07, 6.45) is 4.48. The van der Waals surface area contributed by atoms with Crippen LogP contribution in [0.3, 0.4) is 0 Å². The summed E-state index contributed by atoms with van der Waals surface area (Å²) >= 11 is 9.41. The molecule has 0 spiro atoms. The first-order valence-corrected chi connectivity index (χ1v) is 8.63. The van der Waals surface area contributed by atoms with Gasteiger partial charge in [-0.25, -0.2) is 4.68 Å². The van der Waals surface area contributed by atoms with Crippen LogP contribution in [0.2, 0.25) is 5.02 Å². The van der Waals surface area contributed by atoms with Crippen molar-refractivity contribution in [1.29, 1.82) is 0 Å². The molecule has 1 N–H and O–H groups in total. The van der Waals surface area contributed by atoms with Crippen molar-refractivity contribution in [3.05, 3.63) is 81.5 Å². The minimum Gasteiger partial charge on any atom is -0.352 e. The van der Waals surface area contributed by atoms with Gasteiger partial charge in [0.2, 0.25) is 0 Å². The van der Waals surface area contributed by atoms with Crippen molar-refractivity contribution in [2.24, 2.45) is 0 Å². The van der Waals surface area contributed by atoms with Gasteiger partial charge in [0.25, 0.3) is 5.91 Å². The van der Waals surface area contributed by atoms with Crippen molar-refractivity contribution >= 4 is 33.4 Å². The summed E-state index contributed by atoms with van der Waals surface area (Å²) in [6.45, 7) is 0.516. The van der Waals surface area contributed by atoms with Crippen molar-refractivity contribution < 1.29 is 4.79 Å². The van der Waals surface area contributed by atoms with Crippen LogP contribution in [0.15, 0.2) is 65.4 Å². The highest BCUT2D eigenvalue weighted by Crippen LogP contribution is 2.20. The van der Waals surface area contributed by atoms with Crippen molar-refractivity contribution in [1.82, 2.24) is 15.1 Å². The van der Waals surface area contributed by atoms with Gasteiger partial charge in [0, 0.05) is 17.2 Å². The number of hydrogen-bond donors (Lipinski definition) is 1. The quantitative estimate of drug-likeness (QED) is 0.690. The van der Waals surface area contributed by atoms with E-state index < -0.39 is 0 Å². The predicted molar refractivity (Wildman–Crippen MR) is 98.8 cm³/mol. The first-order chi connectivity index (χ1) is 11.6. The molecule has 2 aromatic carbocycles. The van der Waals surface area contributed by atoms with Gasteiger partial charge in [-0.1, -0.05) is 45.7 Å². The Bertz CT molecular complexity index is 848. The molecular formula is C18H15BrClN3O. The van der Waals surface area contributed by atoms with Crippen LogP contribution < -0.4 is 5.32 Å². The Kier molecular flexibility index (Phi) is 5.33. The fraction of sp³-hybridized carbons (Fsp3) is 0.111. The first kappa shape index (κ1) is 16.7. The highest BCUT2D eigenvalue weighted by molar-refractivity contribution is 9.10. The lowest BCUT2D eigenvalue weighted by Gasteiger charge is -2.06. The van der Waals surface area contributed by atoms with E-state index in [9.17, 15) is 4.79 Å². The molecule has 3 aromatic rings. The zero-order valence-corrected chi connectivity index (χ0v) is 15.1. The van der Waals surface area contributed by atoms with E-state index in [1.165, 1.54) is 0 Å². The molecule has 0 aliphatic heterocycles. The standard InChI is InChI=1S/C18H15BrClN3O/c19-14-6-7-17(20)16(10-14)18(24)21-9-8-13-11-22-23(12-13)15-4-2-1-3-5-15/h1-7,10-12H,8-9H2,(H,21,24). The lowest BCUT2D eigenvalue weighted by atomic mass is 10.2. The van der Waals surface area contributed by atoms with Gasteiger partial charge in [-0.3, -0.25) is 4.79 Å². The largest absolute Gasteiger partial charge is 0.352 e. The molecular weight excluding hydrogens is 390 g/mol. The Morgan fingerprint density at radius 2 is 2.00 bits per heavy atom. The maximum Gasteiger partial charge on any atom is 0.252 e. The molecule has 6 heteroatoms. The zero-order valence-electron chi connectivity index (χ0n) is 12.7. The maximum atomic E-state index is 12.2. The molecule has 0 fully saturated rings. The van der Waals surface area contributed by atoms with Crippen molar-refractivity contribution in [3.8, 4) is 5.69 Å². The van der Waals surface area contributed by atoms with Crippen molar-refractivity contribution in [2.45, 2.75) is 6.42 Å². The monoisotopic (exact) mass is 403 g/mol. The Hall–Kier alpha value is -2.11. The van der Waals surface area contributed by atoms with E-state index in [4.69, 9.17) is 11.6 Å². The van der Waals surface area contributed by atoms with Crippen LogP contribution in [0.25, 0.3) is 5.69 Å². The number of carbonyl (C=O) groups excluding carboxylic acids is 1. The third kappa shape index (κ3) is 4.04. The van der Waals surface area contributed by atoms with Crippen LogP contribution in [0.5, 0.6) is 0 Å². The topological polar surface area (TPSA) is 46.9 Å². The second-order valence-electron chi connectivity index (χ2n) is 5.26. The van der Waals surface area contributed by atoms with Crippen molar-refractivity contribution in [3.63, 3.8) is 0 Å². The number of nitrogens with one attached hydrogen (secondary N) is 1. The van der Waals surface area contributed by atoms with Gasteiger partial charge in [0.05, 0.1) is 22.5 Å². The fourth-order valence-electron chi connectivity index (χ4n) is 2.30. The summed E-state index contributed by atoms with van der Waals surface area (Å²) in [6, 6.07) is 15.1. The second-order valence-corrected chi connectivity index (χ2v) is 6.58. The molecule has 0 aliphatic carbocycles. The van der Waals surface area contributed by atoms with E-state index in [1.807, 2.05) is 47.4 Å². The highest BCUT2D eigenvalue weighted by atomic mass is 79.9. The maximum absolute atomic E-state index is 12.2. The third-order valence-electron chi connectivity index (χ3n) is 3.53. The molecule has 1 amide bonds. The smallest absolute Gasteiger partial charge is 0.252 e. The summed E-state index contributed by atoms with van der Waals surface area (Å²) in [7, 11) is 0. The summed E-state index contributed by atoms with van der Waals surface area (Å²) in [5, 5.41) is 7.67. The van der Waals surface area contributed by atoms with E-state index in [0.29, 0.717) is 23.6 Å². The SMILES string of the molecule is O=C(NCCc1cnn(-c2ccccc2)c1)c1cc(Br)ccc1Cl. The van der Waals surface area contributed by atoms with Gasteiger partial charge in [0.1, 0.15) is 0 Å². The third-order valence-corrected chi connectivity index (χ3v) is 4.35. The Balaban J connectivity index is 1.58. The van der Waals surface area contributed by atoms with Crippen LogP contribution in [0, 0.1) is 0 Å². The van der Waals surface area contributed by atoms with Gasteiger partial charge < -0.3 is 5.32 Å². The summed E-state index contributed by atoms with van der Waals surface area (Å²) in [4.78, 5) is 12.2. The molecule has 1 aromatic heterocycles. The van der Waals surface area contributed by atoms with Crippen LogP contribution in [-0.2, 0) is 6.42 Å². The average Bonchev–Trinajstić information content (AvgIpc) is 3.06. The number of benzene rings is 2. The summed E-state index contributed by atoms with van der Waals surface area (Å²) in [5.41, 5.74) is 2.53. The van der Waals surface area contributed by atoms with E-state index in [-0.39, 0.29) is 5.91 Å². The molecule has 0 atom stereocenters. The number of carbonyl (C=O) groups is 1. The van der Waals surface area contributed by atoms with Crippen LogP contribution in [0.1, 0.15) is 15.9 Å². The first-order valence-electron chi connectivity index (χ1n) is 7.46. The fourth-order valence-corrected chi connectivity index (χ4v) is 2.86. The zero-order chi connectivity index (χ0) is 16.9. The second kappa shape index (κ2) is 7.64. The number of nitrogens with zero attached hydrogens (tertiary/aromatic N) is 2. The average molecular weight is 405 g/mol. The molecule has 0 aliphatic rings. The molecule has 4 nitrogen and oxygen atoms in total. The molecule has 0 unspecified atom stereocenters. The number of para-hydroxylation sites is 1. The Labute approximate surface area is 153 Å². The van der Waals surface area contributed by atoms with E-state index >= 15 is 0 Å². The predicted octanol–water partition coefficient (Wildman–Crippen LogP) is 4.26. The van der Waals surface area contributed by atoms with Gasteiger partial charge in [-0.05, 0) is 42.3 Å². The van der Waals surface area contributed by atoms with E-state index in [1.54, 1.807) is 18.2 Å². The van der Waals surface area contributed by atoms with E-state index in [2.05, 4.69) is 26.3 Å². The van der Waals surface area contributed by atoms with Crippen LogP contribution >= 0.6 is 27.5 Å². The van der Waals surface area contributed by atoms with Crippen molar-refractivity contribution in [2.75, 3.05) is 6.54 Å². The number of halogens is 2. The molecule has 3 rings (SSSR count). The lowest BCUT2D eigenvalue weighted by molar-refractivity contribution is 0.0954. The molecule has 0 radical (unpaired) electrons. The molecule has 24 heavy (non-hydrogen) atoms. The highest BCUT2D eigenvalue weighted by Gasteiger charge is 2.10. The minimum atomic E-state index is -0.184. The lowest BCUT2D eigenvalue weighted by Crippen LogP contribution is -2.25. The van der Waals surface area contributed by atoms with Crippen LogP contribution in [-0.4, -0.2) is 22.2 Å². The van der Waals surface area contributed by atoms with Gasteiger partial charge in [0.15, 0.2) is 0 Å². The molecule has 122 valence electrons. The molecule has 0 saturated carbocycles. The van der Waals surface area contributed by atoms with Gasteiger partial charge in [-0.2, -0.15) is 5.10 Å². The minimum absolute atomic E-state index is 0.184. The molecule has 1 heterocycles. The molecule has 0 saturated heterocycles. The molecule has 0 bridgehead atoms. The number of hydrogen-bond acceptors (Lipinski definition) is 2. The summed E-state index contributed by atoms with van der Waals surface area (Å²) in [5.74, 6) is -0.184. The van der Waals surface area contributed by atoms with Crippen LogP contribution in [0.4, 0.5) is 0 Å². The Morgan fingerprint density at radius 1 is 1.21 bits per heavy atom. The Morgan fingerprint density at radius 3 is 2.79 bits per heavy atom. The normalized spacial score (nSPS) is 10.6. The van der Waals surface area contributed by atoms with Gasteiger partial charge in [-0.15, -0.1) is 0 Å². The number of amides is 1.